The Kier molecular flexibility index (Phi) is 1.54. The molecule has 0 aromatic carbocycles. The van der Waals surface area contributed by atoms with Crippen LogP contribution in [0.5, 0.6) is 0 Å². The Morgan fingerprint density at radius 2 is 1.67 bits per heavy atom. The second-order valence-corrected chi connectivity index (χ2v) is 4.71. The highest BCUT2D eigenvalue weighted by molar-refractivity contribution is 5.08. The van der Waals surface area contributed by atoms with Crippen molar-refractivity contribution in [3.05, 3.63) is 0 Å². The lowest BCUT2D eigenvalue weighted by molar-refractivity contribution is -0.218. The van der Waals surface area contributed by atoms with Crippen LogP contribution in [0.4, 0.5) is 8.78 Å². The normalized spacial score (nSPS) is 31.8. The Morgan fingerprint density at radius 3 is 2.00 bits per heavy atom. The number of hydrogen-bond acceptors (Lipinski definition) is 1. The first kappa shape index (κ1) is 8.42. The van der Waals surface area contributed by atoms with E-state index in [-0.39, 0.29) is 18.3 Å². The molecule has 0 unspecified atom stereocenters. The van der Waals surface area contributed by atoms with Gasteiger partial charge in [-0.3, -0.25) is 4.90 Å². The van der Waals surface area contributed by atoms with E-state index in [1.165, 1.54) is 0 Å². The predicted molar refractivity (Wildman–Crippen MR) is 43.3 cm³/mol. The van der Waals surface area contributed by atoms with Crippen LogP contribution < -0.4 is 0 Å². The smallest absolute Gasteiger partial charge is 0.249 e. The second kappa shape index (κ2) is 2.19. The molecular formula is C9H15F2N. The molecule has 0 amide bonds. The van der Waals surface area contributed by atoms with Gasteiger partial charge in [0.15, 0.2) is 0 Å². The van der Waals surface area contributed by atoms with Gasteiger partial charge >= 0.3 is 0 Å². The summed E-state index contributed by atoms with van der Waals surface area (Å²) in [7, 11) is 0. The number of nitrogens with zero attached hydrogens (tertiary/aromatic N) is 1. The molecule has 1 aliphatic carbocycles. The van der Waals surface area contributed by atoms with E-state index in [1.807, 2.05) is 0 Å². The maximum absolute atomic E-state index is 12.6. The third-order valence-electron chi connectivity index (χ3n) is 3.07. The Labute approximate surface area is 71.7 Å². The van der Waals surface area contributed by atoms with Crippen molar-refractivity contribution in [2.75, 3.05) is 13.1 Å². The lowest BCUT2D eigenvalue weighted by atomic mass is 9.61. The van der Waals surface area contributed by atoms with Crippen molar-refractivity contribution in [1.82, 2.24) is 4.90 Å². The van der Waals surface area contributed by atoms with Crippen molar-refractivity contribution < 1.29 is 8.78 Å². The van der Waals surface area contributed by atoms with Crippen molar-refractivity contribution in [1.29, 1.82) is 0 Å². The van der Waals surface area contributed by atoms with E-state index in [9.17, 15) is 8.78 Å². The molecule has 1 aliphatic heterocycles. The van der Waals surface area contributed by atoms with Crippen LogP contribution in [0.3, 0.4) is 0 Å². The first-order chi connectivity index (χ1) is 5.43. The third kappa shape index (κ3) is 1.15. The summed E-state index contributed by atoms with van der Waals surface area (Å²) in [4.78, 5) is 2.26. The van der Waals surface area contributed by atoms with Crippen LogP contribution in [0, 0.1) is 5.41 Å². The lowest BCUT2D eigenvalue weighted by Gasteiger charge is -2.60. The molecule has 0 aromatic heterocycles. The van der Waals surface area contributed by atoms with E-state index in [0.29, 0.717) is 6.04 Å². The van der Waals surface area contributed by atoms with Crippen LogP contribution in [0.2, 0.25) is 0 Å². The Morgan fingerprint density at radius 1 is 1.17 bits per heavy atom. The number of hydrogen-bond donors (Lipinski definition) is 0. The SMILES string of the molecule is CC(C)N1CC2(C1)CC(F)(F)C2. The van der Waals surface area contributed by atoms with Gasteiger partial charge in [-0.25, -0.2) is 8.78 Å². The quantitative estimate of drug-likeness (QED) is 0.590. The van der Waals surface area contributed by atoms with Gasteiger partial charge in [-0.2, -0.15) is 0 Å². The number of likely N-dealkylation sites (tertiary alicyclic amines) is 1. The van der Waals surface area contributed by atoms with Crippen molar-refractivity contribution in [2.45, 2.75) is 38.7 Å². The minimum atomic E-state index is -2.34. The highest BCUT2D eigenvalue weighted by atomic mass is 19.3. The zero-order chi connectivity index (χ0) is 8.98. The fraction of sp³-hybridized carbons (Fsp3) is 1.00. The molecule has 0 radical (unpaired) electrons. The Bertz CT molecular complexity index is 185. The molecule has 3 heteroatoms. The molecular weight excluding hydrogens is 160 g/mol. The monoisotopic (exact) mass is 175 g/mol. The topological polar surface area (TPSA) is 3.24 Å². The molecule has 1 nitrogen and oxygen atoms in total. The summed E-state index contributed by atoms with van der Waals surface area (Å²) in [5, 5.41) is 0. The van der Waals surface area contributed by atoms with Gasteiger partial charge in [-0.05, 0) is 13.8 Å². The van der Waals surface area contributed by atoms with Crippen LogP contribution >= 0.6 is 0 Å². The first-order valence-electron chi connectivity index (χ1n) is 4.54. The molecule has 1 spiro atoms. The standard InChI is InChI=1S/C9H15F2N/c1-7(2)12-5-8(6-12)3-9(10,11)4-8/h7H,3-6H2,1-2H3. The van der Waals surface area contributed by atoms with Crippen LogP contribution in [0.25, 0.3) is 0 Å². The summed E-state index contributed by atoms with van der Waals surface area (Å²) in [6.45, 7) is 6.01. The average Bonchev–Trinajstić information content (AvgIpc) is 1.75. The molecule has 2 rings (SSSR count). The van der Waals surface area contributed by atoms with Gasteiger partial charge in [-0.15, -0.1) is 0 Å². The Hall–Kier alpha value is -0.180. The fourth-order valence-electron chi connectivity index (χ4n) is 2.45. The summed E-state index contributed by atoms with van der Waals surface area (Å²) in [6.07, 6.45) is 0.256. The number of rotatable bonds is 1. The molecule has 1 saturated heterocycles. The molecule has 12 heavy (non-hydrogen) atoms. The van der Waals surface area contributed by atoms with Crippen molar-refractivity contribution >= 4 is 0 Å². The molecule has 1 heterocycles. The molecule has 1 saturated carbocycles. The summed E-state index contributed by atoms with van der Waals surface area (Å²) in [6, 6.07) is 0.518. The minimum Gasteiger partial charge on any atom is -0.300 e. The average molecular weight is 175 g/mol. The summed E-state index contributed by atoms with van der Waals surface area (Å²) >= 11 is 0. The largest absolute Gasteiger partial charge is 0.300 e. The Balaban J connectivity index is 1.83. The highest BCUT2D eigenvalue weighted by Gasteiger charge is 2.61. The molecule has 0 aromatic rings. The van der Waals surface area contributed by atoms with Gasteiger partial charge in [0, 0.05) is 37.4 Å². The van der Waals surface area contributed by atoms with Gasteiger partial charge in [-0.1, -0.05) is 0 Å². The van der Waals surface area contributed by atoms with Gasteiger partial charge in [0.2, 0.25) is 5.92 Å². The third-order valence-corrected chi connectivity index (χ3v) is 3.07. The van der Waals surface area contributed by atoms with Crippen molar-refractivity contribution in [3.63, 3.8) is 0 Å². The maximum atomic E-state index is 12.6. The van der Waals surface area contributed by atoms with Crippen molar-refractivity contribution in [2.24, 2.45) is 5.41 Å². The van der Waals surface area contributed by atoms with Gasteiger partial charge < -0.3 is 0 Å². The zero-order valence-electron chi connectivity index (χ0n) is 7.61. The predicted octanol–water partition coefficient (Wildman–Crippen LogP) is 2.13. The lowest BCUT2D eigenvalue weighted by Crippen LogP contribution is -2.66. The molecule has 0 N–H and O–H groups in total. The summed E-state index contributed by atoms with van der Waals surface area (Å²) in [5.74, 6) is -2.34. The maximum Gasteiger partial charge on any atom is 0.249 e. The highest BCUT2D eigenvalue weighted by Crippen LogP contribution is 2.56. The van der Waals surface area contributed by atoms with E-state index >= 15 is 0 Å². The number of halogens is 2. The van der Waals surface area contributed by atoms with Crippen LogP contribution in [0.15, 0.2) is 0 Å². The van der Waals surface area contributed by atoms with E-state index in [0.717, 1.165) is 13.1 Å². The van der Waals surface area contributed by atoms with Crippen molar-refractivity contribution in [3.8, 4) is 0 Å². The summed E-state index contributed by atoms with van der Waals surface area (Å²) in [5.41, 5.74) is 0.00771. The van der Waals surface area contributed by atoms with Crippen LogP contribution in [-0.4, -0.2) is 30.0 Å². The molecule has 2 fully saturated rings. The molecule has 0 bridgehead atoms. The molecule has 2 aliphatic rings. The second-order valence-electron chi connectivity index (χ2n) is 4.71. The van der Waals surface area contributed by atoms with Gasteiger partial charge in [0.05, 0.1) is 0 Å². The fourth-order valence-corrected chi connectivity index (χ4v) is 2.45. The van der Waals surface area contributed by atoms with Gasteiger partial charge in [0.1, 0.15) is 0 Å². The van der Waals surface area contributed by atoms with E-state index in [2.05, 4.69) is 18.7 Å². The molecule has 70 valence electrons. The van der Waals surface area contributed by atoms with Crippen LogP contribution in [-0.2, 0) is 0 Å². The van der Waals surface area contributed by atoms with Crippen LogP contribution in [0.1, 0.15) is 26.7 Å². The first-order valence-corrected chi connectivity index (χ1v) is 4.54. The zero-order valence-corrected chi connectivity index (χ0v) is 7.61. The minimum absolute atomic E-state index is 0.00771. The van der Waals surface area contributed by atoms with E-state index in [4.69, 9.17) is 0 Å². The molecule has 0 atom stereocenters. The number of alkyl halides is 2. The summed E-state index contributed by atoms with van der Waals surface area (Å²) < 4.78 is 25.1. The van der Waals surface area contributed by atoms with E-state index < -0.39 is 5.92 Å². The van der Waals surface area contributed by atoms with Gasteiger partial charge in [0.25, 0.3) is 0 Å². The van der Waals surface area contributed by atoms with E-state index in [1.54, 1.807) is 0 Å².